The molecule has 17 heavy (non-hydrogen) atoms. The third kappa shape index (κ3) is 3.12. The van der Waals surface area contributed by atoms with Crippen LogP contribution in [0.25, 0.3) is 0 Å². The van der Waals surface area contributed by atoms with Crippen molar-refractivity contribution in [2.45, 2.75) is 19.8 Å². The zero-order valence-electron chi connectivity index (χ0n) is 10.2. The van der Waals surface area contributed by atoms with E-state index in [4.69, 9.17) is 0 Å². The van der Waals surface area contributed by atoms with Crippen LogP contribution in [-0.2, 0) is 10.0 Å². The molecule has 0 saturated carbocycles. The monoisotopic (exact) mass is 254 g/mol. The van der Waals surface area contributed by atoms with Crippen molar-refractivity contribution in [2.24, 2.45) is 0 Å². The first-order valence-corrected chi connectivity index (χ1v) is 7.68. The Bertz CT molecular complexity index is 505. The lowest BCUT2D eigenvalue weighted by molar-refractivity contribution is 0.607. The van der Waals surface area contributed by atoms with Crippen molar-refractivity contribution in [2.75, 3.05) is 29.0 Å². The Balaban J connectivity index is 2.28. The molecule has 0 amide bonds. The van der Waals surface area contributed by atoms with Crippen LogP contribution in [0.4, 0.5) is 11.4 Å². The van der Waals surface area contributed by atoms with Crippen molar-refractivity contribution in [3.05, 3.63) is 23.8 Å². The molecule has 1 heterocycles. The molecule has 0 bridgehead atoms. The first kappa shape index (κ1) is 12.2. The third-order valence-corrected chi connectivity index (χ3v) is 3.58. The summed E-state index contributed by atoms with van der Waals surface area (Å²) in [5.74, 6) is 0. The van der Waals surface area contributed by atoms with Gasteiger partial charge in [0.15, 0.2) is 0 Å². The van der Waals surface area contributed by atoms with Crippen molar-refractivity contribution in [1.29, 1.82) is 0 Å². The highest BCUT2D eigenvalue weighted by molar-refractivity contribution is 7.92. The van der Waals surface area contributed by atoms with E-state index in [1.807, 2.05) is 25.1 Å². The van der Waals surface area contributed by atoms with Gasteiger partial charge in [-0.25, -0.2) is 8.42 Å². The molecule has 0 spiro atoms. The van der Waals surface area contributed by atoms with Crippen LogP contribution in [0.5, 0.6) is 0 Å². The first-order valence-electron chi connectivity index (χ1n) is 5.79. The van der Waals surface area contributed by atoms with Gasteiger partial charge in [0.2, 0.25) is 10.0 Å². The topological polar surface area (TPSA) is 49.4 Å². The van der Waals surface area contributed by atoms with Crippen LogP contribution < -0.4 is 9.62 Å². The molecular weight excluding hydrogens is 236 g/mol. The summed E-state index contributed by atoms with van der Waals surface area (Å²) in [4.78, 5) is 2.28. The Morgan fingerprint density at radius 3 is 2.47 bits per heavy atom. The van der Waals surface area contributed by atoms with Crippen LogP contribution >= 0.6 is 0 Å². The van der Waals surface area contributed by atoms with E-state index in [0.29, 0.717) is 5.69 Å². The van der Waals surface area contributed by atoms with Crippen LogP contribution in [0.3, 0.4) is 0 Å². The number of hydrogen-bond acceptors (Lipinski definition) is 3. The molecule has 1 aliphatic rings. The van der Waals surface area contributed by atoms with E-state index in [2.05, 4.69) is 9.62 Å². The second kappa shape index (κ2) is 4.56. The third-order valence-electron chi connectivity index (χ3n) is 2.99. The number of benzene rings is 1. The Labute approximate surface area is 103 Å². The average molecular weight is 254 g/mol. The highest BCUT2D eigenvalue weighted by Crippen LogP contribution is 2.26. The fourth-order valence-corrected chi connectivity index (χ4v) is 2.71. The highest BCUT2D eigenvalue weighted by Gasteiger charge is 2.14. The quantitative estimate of drug-likeness (QED) is 0.897. The molecule has 1 aromatic carbocycles. The van der Waals surface area contributed by atoms with Crippen LogP contribution in [0.2, 0.25) is 0 Å². The summed E-state index contributed by atoms with van der Waals surface area (Å²) in [7, 11) is -3.21. The van der Waals surface area contributed by atoms with Gasteiger partial charge in [0.05, 0.1) is 11.9 Å². The molecule has 1 N–H and O–H groups in total. The predicted molar refractivity (Wildman–Crippen MR) is 71.1 cm³/mol. The lowest BCUT2D eigenvalue weighted by atomic mass is 10.2. The van der Waals surface area contributed by atoms with E-state index < -0.39 is 10.0 Å². The summed E-state index contributed by atoms with van der Waals surface area (Å²) in [5.41, 5.74) is 2.72. The molecule has 94 valence electrons. The number of nitrogens with one attached hydrogen (secondary N) is 1. The summed E-state index contributed by atoms with van der Waals surface area (Å²) in [5, 5.41) is 0. The second-order valence-corrected chi connectivity index (χ2v) is 6.32. The van der Waals surface area contributed by atoms with Crippen LogP contribution in [-0.4, -0.2) is 27.8 Å². The standard InChI is InChI=1S/C12H18N2O2S/c1-10-5-6-11(14-7-3-4-8-14)9-12(10)13-17(2,15)16/h5-6,9,13H,3-4,7-8H2,1-2H3. The van der Waals surface area contributed by atoms with Gasteiger partial charge in [-0.1, -0.05) is 6.07 Å². The van der Waals surface area contributed by atoms with E-state index in [1.54, 1.807) is 0 Å². The van der Waals surface area contributed by atoms with E-state index >= 15 is 0 Å². The zero-order chi connectivity index (χ0) is 12.5. The molecule has 0 aliphatic carbocycles. The number of nitrogens with zero attached hydrogens (tertiary/aromatic N) is 1. The van der Waals surface area contributed by atoms with E-state index in [0.717, 1.165) is 24.3 Å². The Kier molecular flexibility index (Phi) is 3.28. The van der Waals surface area contributed by atoms with Gasteiger partial charge in [0.1, 0.15) is 0 Å². The van der Waals surface area contributed by atoms with E-state index in [9.17, 15) is 8.42 Å². The molecule has 1 fully saturated rings. The predicted octanol–water partition coefficient (Wildman–Crippen LogP) is 1.97. The molecule has 4 nitrogen and oxygen atoms in total. The molecule has 0 radical (unpaired) electrons. The molecule has 1 aliphatic heterocycles. The summed E-state index contributed by atoms with van der Waals surface area (Å²) in [6.45, 7) is 4.02. The van der Waals surface area contributed by atoms with E-state index in [-0.39, 0.29) is 0 Å². The molecule has 5 heteroatoms. The fourth-order valence-electron chi connectivity index (χ4n) is 2.09. The van der Waals surface area contributed by atoms with Gasteiger partial charge in [-0.3, -0.25) is 4.72 Å². The molecule has 0 atom stereocenters. The number of rotatable bonds is 3. The smallest absolute Gasteiger partial charge is 0.229 e. The van der Waals surface area contributed by atoms with Crippen LogP contribution in [0.1, 0.15) is 18.4 Å². The zero-order valence-corrected chi connectivity index (χ0v) is 11.0. The maximum absolute atomic E-state index is 11.3. The summed E-state index contributed by atoms with van der Waals surface area (Å²) in [6, 6.07) is 5.93. The van der Waals surface area contributed by atoms with Gasteiger partial charge >= 0.3 is 0 Å². The molecule has 0 unspecified atom stereocenters. The Morgan fingerprint density at radius 2 is 1.88 bits per heavy atom. The summed E-state index contributed by atoms with van der Waals surface area (Å²) in [6.07, 6.45) is 3.60. The van der Waals surface area contributed by atoms with Gasteiger partial charge in [-0.05, 0) is 37.5 Å². The molecule has 0 aromatic heterocycles. The van der Waals surface area contributed by atoms with Gasteiger partial charge in [0.25, 0.3) is 0 Å². The van der Waals surface area contributed by atoms with Gasteiger partial charge in [-0.2, -0.15) is 0 Å². The lowest BCUT2D eigenvalue weighted by Gasteiger charge is -2.19. The summed E-state index contributed by atoms with van der Waals surface area (Å²) >= 11 is 0. The van der Waals surface area contributed by atoms with Crippen molar-refractivity contribution < 1.29 is 8.42 Å². The maximum atomic E-state index is 11.3. The highest BCUT2D eigenvalue weighted by atomic mass is 32.2. The molecule has 1 saturated heterocycles. The summed E-state index contributed by atoms with van der Waals surface area (Å²) < 4.78 is 25.1. The Hall–Kier alpha value is -1.23. The number of anilines is 2. The maximum Gasteiger partial charge on any atom is 0.229 e. The number of hydrogen-bond donors (Lipinski definition) is 1. The average Bonchev–Trinajstić information content (AvgIpc) is 2.72. The van der Waals surface area contributed by atoms with Gasteiger partial charge in [-0.15, -0.1) is 0 Å². The normalized spacial score (nSPS) is 16.2. The minimum absolute atomic E-state index is 0.678. The van der Waals surface area contributed by atoms with Gasteiger partial charge < -0.3 is 4.90 Å². The minimum Gasteiger partial charge on any atom is -0.371 e. The lowest BCUT2D eigenvalue weighted by Crippen LogP contribution is -2.18. The van der Waals surface area contributed by atoms with Crippen molar-refractivity contribution in [3.63, 3.8) is 0 Å². The van der Waals surface area contributed by atoms with E-state index in [1.165, 1.54) is 19.1 Å². The van der Waals surface area contributed by atoms with Crippen LogP contribution in [0, 0.1) is 6.92 Å². The Morgan fingerprint density at radius 1 is 1.24 bits per heavy atom. The van der Waals surface area contributed by atoms with Crippen LogP contribution in [0.15, 0.2) is 18.2 Å². The van der Waals surface area contributed by atoms with Crippen molar-refractivity contribution in [3.8, 4) is 0 Å². The van der Waals surface area contributed by atoms with Crippen molar-refractivity contribution in [1.82, 2.24) is 0 Å². The number of sulfonamides is 1. The fraction of sp³-hybridized carbons (Fsp3) is 0.500. The van der Waals surface area contributed by atoms with Gasteiger partial charge in [0, 0.05) is 18.8 Å². The minimum atomic E-state index is -3.21. The first-order chi connectivity index (χ1) is 7.96. The van der Waals surface area contributed by atoms with Crippen molar-refractivity contribution >= 4 is 21.4 Å². The molecular formula is C12H18N2O2S. The largest absolute Gasteiger partial charge is 0.371 e. The molecule has 1 aromatic rings. The number of aryl methyl sites for hydroxylation is 1. The second-order valence-electron chi connectivity index (χ2n) is 4.57. The molecule has 2 rings (SSSR count). The SMILES string of the molecule is Cc1ccc(N2CCCC2)cc1NS(C)(=O)=O.